The number of anilines is 2. The van der Waals surface area contributed by atoms with Crippen LogP contribution >= 0.6 is 49.6 Å². The second-order valence-corrected chi connectivity index (χ2v) is 3.24. The van der Waals surface area contributed by atoms with E-state index < -0.39 is 0 Å². The number of benzene rings is 2. The van der Waals surface area contributed by atoms with Gasteiger partial charge in [0.15, 0.2) is 0 Å². The highest BCUT2D eigenvalue weighted by Gasteiger charge is 1.95. The summed E-state index contributed by atoms with van der Waals surface area (Å²) in [6.45, 7) is 0. The van der Waals surface area contributed by atoms with Crippen molar-refractivity contribution in [1.29, 1.82) is 0 Å². The Morgan fingerprint density at radius 2 is 0.650 bits per heavy atom. The van der Waals surface area contributed by atoms with Crippen LogP contribution in [0.3, 0.4) is 0 Å². The van der Waals surface area contributed by atoms with Gasteiger partial charge in [0, 0.05) is 11.4 Å². The van der Waals surface area contributed by atoms with Gasteiger partial charge < -0.3 is 23.8 Å². The van der Waals surface area contributed by atoms with Crippen molar-refractivity contribution in [3.63, 3.8) is 0 Å². The smallest absolute Gasteiger partial charge is 0.0314 e. The standard InChI is InChI=1S/C12H12N2.4ClH.2H3N/c13-11-5-1-9(2-6-11)10-3-7-12(14)8-4-10;;;;;;/h1-8H,13-14H2;4*1H;2*1H3. The summed E-state index contributed by atoms with van der Waals surface area (Å²) in [6, 6.07) is 15.6. The predicted octanol–water partition coefficient (Wildman–Crippen LogP) is 4.53. The van der Waals surface area contributed by atoms with Gasteiger partial charge in [-0.1, -0.05) is 24.3 Å². The van der Waals surface area contributed by atoms with Crippen molar-refractivity contribution in [2.24, 2.45) is 0 Å². The van der Waals surface area contributed by atoms with Crippen molar-refractivity contribution in [1.82, 2.24) is 12.3 Å². The molecule has 0 heterocycles. The quantitative estimate of drug-likeness (QED) is 0.555. The van der Waals surface area contributed by atoms with Gasteiger partial charge in [-0.2, -0.15) is 0 Å². The van der Waals surface area contributed by atoms with Crippen LogP contribution in [0.15, 0.2) is 48.5 Å². The van der Waals surface area contributed by atoms with Crippen LogP contribution in [0.2, 0.25) is 0 Å². The minimum absolute atomic E-state index is 0. The maximum Gasteiger partial charge on any atom is 0.0314 e. The van der Waals surface area contributed by atoms with Gasteiger partial charge in [0.2, 0.25) is 0 Å². The summed E-state index contributed by atoms with van der Waals surface area (Å²) in [5, 5.41) is 0. The lowest BCUT2D eigenvalue weighted by atomic mass is 10.1. The molecule has 0 aromatic heterocycles. The first-order valence-corrected chi connectivity index (χ1v) is 4.47. The Morgan fingerprint density at radius 1 is 0.450 bits per heavy atom. The minimum Gasteiger partial charge on any atom is -0.399 e. The number of hydrogen-bond donors (Lipinski definition) is 4. The van der Waals surface area contributed by atoms with E-state index in [1.807, 2.05) is 48.5 Å². The van der Waals surface area contributed by atoms with Crippen molar-refractivity contribution < 1.29 is 0 Å². The first-order chi connectivity index (χ1) is 6.75. The Kier molecular flexibility index (Phi) is 22.9. The molecule has 8 heteroatoms. The molecule has 118 valence electrons. The van der Waals surface area contributed by atoms with Crippen molar-refractivity contribution in [3.8, 4) is 11.1 Å². The Bertz CT molecular complexity index is 391. The summed E-state index contributed by atoms with van der Waals surface area (Å²) in [6.07, 6.45) is 0. The van der Waals surface area contributed by atoms with Crippen LogP contribution in [0, 0.1) is 0 Å². The number of halogens is 4. The van der Waals surface area contributed by atoms with E-state index in [1.165, 1.54) is 0 Å². The number of rotatable bonds is 1. The molecule has 0 aliphatic heterocycles. The van der Waals surface area contributed by atoms with Crippen molar-refractivity contribution in [2.45, 2.75) is 0 Å². The zero-order valence-electron chi connectivity index (χ0n) is 10.8. The molecule has 0 atom stereocenters. The Hall–Kier alpha value is -0.880. The monoisotopic (exact) mass is 362 g/mol. The molecule has 0 radical (unpaired) electrons. The van der Waals surface area contributed by atoms with E-state index in [1.54, 1.807) is 0 Å². The number of nitrogen functional groups attached to an aromatic ring is 2. The average molecular weight is 364 g/mol. The highest BCUT2D eigenvalue weighted by atomic mass is 35.5. The van der Waals surface area contributed by atoms with Crippen molar-refractivity contribution in [3.05, 3.63) is 48.5 Å². The molecule has 2 aromatic rings. The molecule has 0 spiro atoms. The first-order valence-electron chi connectivity index (χ1n) is 4.47. The summed E-state index contributed by atoms with van der Waals surface area (Å²) in [7, 11) is 0. The molecule has 0 aliphatic rings. The average Bonchev–Trinajstić information content (AvgIpc) is 2.21. The fraction of sp³-hybridized carbons (Fsp3) is 0. The number of hydrogen-bond acceptors (Lipinski definition) is 4. The molecule has 10 N–H and O–H groups in total. The minimum atomic E-state index is 0. The molecule has 2 aromatic carbocycles. The summed E-state index contributed by atoms with van der Waals surface area (Å²) >= 11 is 0. The van der Waals surface area contributed by atoms with Crippen LogP contribution in [0.25, 0.3) is 11.1 Å². The summed E-state index contributed by atoms with van der Waals surface area (Å²) in [5.41, 5.74) is 15.1. The van der Waals surface area contributed by atoms with Crippen molar-refractivity contribution >= 4 is 61.0 Å². The summed E-state index contributed by atoms with van der Waals surface area (Å²) < 4.78 is 0. The molecule has 0 aliphatic carbocycles. The predicted molar refractivity (Wildman–Crippen MR) is 99.7 cm³/mol. The van der Waals surface area contributed by atoms with Gasteiger partial charge >= 0.3 is 0 Å². The largest absolute Gasteiger partial charge is 0.399 e. The normalized spacial score (nSPS) is 7.00. The highest BCUT2D eigenvalue weighted by Crippen LogP contribution is 2.21. The highest BCUT2D eigenvalue weighted by molar-refractivity contribution is 5.86. The molecule has 0 unspecified atom stereocenters. The fourth-order valence-electron chi connectivity index (χ4n) is 1.35. The molecule has 4 nitrogen and oxygen atoms in total. The third-order valence-electron chi connectivity index (χ3n) is 2.15. The molecule has 0 fully saturated rings. The molecule has 0 saturated heterocycles. The second kappa shape index (κ2) is 14.5. The Balaban J connectivity index is -0.000000125. The van der Waals surface area contributed by atoms with E-state index >= 15 is 0 Å². The zero-order valence-corrected chi connectivity index (χ0v) is 14.1. The van der Waals surface area contributed by atoms with Crippen LogP contribution in [0.1, 0.15) is 0 Å². The SMILES string of the molecule is Cl.Cl.Cl.Cl.N.N.Nc1ccc(-c2ccc(N)cc2)cc1. The molecule has 2 rings (SSSR count). The van der Waals surface area contributed by atoms with E-state index in [-0.39, 0.29) is 61.9 Å². The van der Waals surface area contributed by atoms with Gasteiger partial charge in [0.25, 0.3) is 0 Å². The molecule has 0 amide bonds. The van der Waals surface area contributed by atoms with Gasteiger partial charge in [0.05, 0.1) is 0 Å². The maximum atomic E-state index is 5.61. The Morgan fingerprint density at radius 3 is 0.850 bits per heavy atom. The third-order valence-corrected chi connectivity index (χ3v) is 2.15. The molecule has 0 bridgehead atoms. The lowest BCUT2D eigenvalue weighted by Crippen LogP contribution is -1.85. The van der Waals surface area contributed by atoms with Crippen molar-refractivity contribution in [2.75, 3.05) is 11.5 Å². The lowest BCUT2D eigenvalue weighted by molar-refractivity contribution is 1.61. The topological polar surface area (TPSA) is 122 Å². The third kappa shape index (κ3) is 8.32. The van der Waals surface area contributed by atoms with Crippen LogP contribution in [-0.4, -0.2) is 0 Å². The number of nitrogens with two attached hydrogens (primary N) is 2. The van der Waals surface area contributed by atoms with Gasteiger partial charge in [-0.25, -0.2) is 0 Å². The second-order valence-electron chi connectivity index (χ2n) is 3.24. The Labute approximate surface area is 144 Å². The van der Waals surface area contributed by atoms with Gasteiger partial charge in [0.1, 0.15) is 0 Å². The van der Waals surface area contributed by atoms with Crippen LogP contribution in [0.4, 0.5) is 11.4 Å². The van der Waals surface area contributed by atoms with E-state index in [4.69, 9.17) is 11.5 Å². The van der Waals surface area contributed by atoms with E-state index in [0.29, 0.717) is 0 Å². The molecular weight excluding hydrogens is 342 g/mol. The fourth-order valence-corrected chi connectivity index (χ4v) is 1.35. The van der Waals surface area contributed by atoms with Crippen LogP contribution < -0.4 is 23.8 Å². The van der Waals surface area contributed by atoms with E-state index in [9.17, 15) is 0 Å². The molecule has 20 heavy (non-hydrogen) atoms. The maximum absolute atomic E-state index is 5.61. The van der Waals surface area contributed by atoms with E-state index in [2.05, 4.69) is 0 Å². The van der Waals surface area contributed by atoms with E-state index in [0.717, 1.165) is 22.5 Å². The van der Waals surface area contributed by atoms with Gasteiger partial charge in [-0.3, -0.25) is 0 Å². The zero-order chi connectivity index (χ0) is 9.97. The lowest BCUT2D eigenvalue weighted by Gasteiger charge is -2.02. The summed E-state index contributed by atoms with van der Waals surface area (Å²) in [5.74, 6) is 0. The molecular formula is C12H22Cl4N4. The molecule has 0 saturated carbocycles. The van der Waals surface area contributed by atoms with Crippen LogP contribution in [0.5, 0.6) is 0 Å². The first kappa shape index (κ1) is 31.5. The van der Waals surface area contributed by atoms with Gasteiger partial charge in [-0.05, 0) is 35.4 Å². The summed E-state index contributed by atoms with van der Waals surface area (Å²) in [4.78, 5) is 0. The van der Waals surface area contributed by atoms with Gasteiger partial charge in [-0.15, -0.1) is 49.6 Å². The van der Waals surface area contributed by atoms with Crippen LogP contribution in [-0.2, 0) is 0 Å².